The number of rotatable bonds is 5. The molecule has 120 valence electrons. The molecule has 0 saturated heterocycles. The van der Waals surface area contributed by atoms with Crippen molar-refractivity contribution >= 4 is 11.6 Å². The van der Waals surface area contributed by atoms with Crippen molar-refractivity contribution in [1.82, 2.24) is 29.6 Å². The molecule has 0 N–H and O–H groups in total. The predicted octanol–water partition coefficient (Wildman–Crippen LogP) is 1.42. The van der Waals surface area contributed by atoms with Gasteiger partial charge in [0.1, 0.15) is 6.33 Å². The lowest BCUT2D eigenvalue weighted by atomic mass is 10.1. The lowest BCUT2D eigenvalue weighted by Gasteiger charge is -2.05. The first-order valence-corrected chi connectivity index (χ1v) is 7.48. The molecule has 0 aromatic carbocycles. The van der Waals surface area contributed by atoms with Gasteiger partial charge in [0.05, 0.1) is 12.3 Å². The molecule has 3 aromatic heterocycles. The summed E-state index contributed by atoms with van der Waals surface area (Å²) in [6, 6.07) is 3.68. The Bertz CT molecular complexity index is 851. The van der Waals surface area contributed by atoms with Gasteiger partial charge in [-0.15, -0.1) is 15.3 Å². The van der Waals surface area contributed by atoms with Crippen LogP contribution in [0.3, 0.4) is 0 Å². The van der Waals surface area contributed by atoms with Crippen LogP contribution in [0.25, 0.3) is 11.5 Å². The van der Waals surface area contributed by atoms with Gasteiger partial charge in [0.2, 0.25) is 0 Å². The smallest absolute Gasteiger partial charge is 0.306 e. The Labute approximate surface area is 133 Å². The number of aromatic nitrogens is 6. The number of hydrogen-bond donors (Lipinski definition) is 0. The molecule has 0 radical (unpaired) electrons. The predicted molar refractivity (Wildman–Crippen MR) is 82.3 cm³/mol. The van der Waals surface area contributed by atoms with Gasteiger partial charge >= 0.3 is 5.97 Å². The number of aryl methyl sites for hydroxylation is 1. The van der Waals surface area contributed by atoms with Gasteiger partial charge in [-0.1, -0.05) is 0 Å². The Hall–Kier alpha value is -2.77. The summed E-state index contributed by atoms with van der Waals surface area (Å²) in [5.74, 6) is 0.489. The molecule has 0 saturated carbocycles. The molecule has 3 aromatic rings. The van der Waals surface area contributed by atoms with Gasteiger partial charge in [0, 0.05) is 12.1 Å². The molecule has 0 aliphatic heterocycles. The summed E-state index contributed by atoms with van der Waals surface area (Å²) < 4.78 is 8.35. The van der Waals surface area contributed by atoms with E-state index < -0.39 is 0 Å². The van der Waals surface area contributed by atoms with E-state index in [4.69, 9.17) is 4.74 Å². The van der Waals surface area contributed by atoms with Crippen molar-refractivity contribution in [1.29, 1.82) is 0 Å². The van der Waals surface area contributed by atoms with Gasteiger partial charge < -0.3 is 4.74 Å². The molecular weight excluding hydrogens is 296 g/mol. The van der Waals surface area contributed by atoms with Gasteiger partial charge in [-0.25, -0.2) is 4.68 Å². The fourth-order valence-corrected chi connectivity index (χ4v) is 2.55. The van der Waals surface area contributed by atoms with Crippen LogP contribution < -0.4 is 0 Å². The van der Waals surface area contributed by atoms with E-state index in [9.17, 15) is 4.79 Å². The summed E-state index contributed by atoms with van der Waals surface area (Å²) in [5.41, 5.74) is 3.57. The lowest BCUT2D eigenvalue weighted by molar-refractivity contribution is -0.143. The van der Waals surface area contributed by atoms with E-state index in [1.54, 1.807) is 22.4 Å². The van der Waals surface area contributed by atoms with Crippen LogP contribution in [0, 0.1) is 13.8 Å². The zero-order chi connectivity index (χ0) is 16.4. The summed E-state index contributed by atoms with van der Waals surface area (Å²) in [7, 11) is 0. The first kappa shape index (κ1) is 15.1. The number of carbonyl (C=O) groups excluding carboxylic acids is 1. The highest BCUT2D eigenvalue weighted by atomic mass is 16.5. The van der Waals surface area contributed by atoms with Crippen LogP contribution in [0.5, 0.6) is 0 Å². The van der Waals surface area contributed by atoms with E-state index in [1.807, 2.05) is 26.0 Å². The molecule has 0 unspecified atom stereocenters. The van der Waals surface area contributed by atoms with Crippen LogP contribution in [-0.4, -0.2) is 42.2 Å². The average Bonchev–Trinajstić information content (AvgIpc) is 3.10. The number of carbonyl (C=O) groups is 1. The largest absolute Gasteiger partial charge is 0.466 e. The van der Waals surface area contributed by atoms with Crippen molar-refractivity contribution in [3.05, 3.63) is 35.4 Å². The summed E-state index contributed by atoms with van der Waals surface area (Å²) in [6.07, 6.45) is 2.50. The van der Waals surface area contributed by atoms with E-state index in [0.717, 1.165) is 17.0 Å². The van der Waals surface area contributed by atoms with E-state index >= 15 is 0 Å². The molecule has 23 heavy (non-hydrogen) atoms. The summed E-state index contributed by atoms with van der Waals surface area (Å²) in [6.45, 7) is 6.11. The molecule has 0 aliphatic rings. The number of ether oxygens (including phenoxy) is 1. The first-order chi connectivity index (χ1) is 11.1. The highest BCUT2D eigenvalue weighted by Crippen LogP contribution is 2.18. The van der Waals surface area contributed by atoms with Crippen molar-refractivity contribution < 1.29 is 9.53 Å². The van der Waals surface area contributed by atoms with Gasteiger partial charge in [-0.05, 0) is 44.9 Å². The lowest BCUT2D eigenvalue weighted by Crippen LogP contribution is -2.07. The number of nitrogens with zero attached hydrogens (tertiary/aromatic N) is 6. The second kappa shape index (κ2) is 6.15. The Balaban J connectivity index is 1.88. The fraction of sp³-hybridized carbons (Fsp3) is 0.400. The number of hydrogen-bond acceptors (Lipinski definition) is 6. The summed E-state index contributed by atoms with van der Waals surface area (Å²) in [4.78, 5) is 11.6. The zero-order valence-corrected chi connectivity index (χ0v) is 13.4. The molecule has 3 rings (SSSR count). The number of fused-ring (bicyclic) bond motifs is 1. The normalized spacial score (nSPS) is 11.1. The van der Waals surface area contributed by atoms with Gasteiger partial charge in [0.25, 0.3) is 0 Å². The highest BCUT2D eigenvalue weighted by Gasteiger charge is 2.15. The Morgan fingerprint density at radius 2 is 2.09 bits per heavy atom. The third-order valence-corrected chi connectivity index (χ3v) is 3.69. The van der Waals surface area contributed by atoms with E-state index in [0.29, 0.717) is 30.9 Å². The second-order valence-electron chi connectivity index (χ2n) is 5.19. The SMILES string of the molecule is CCOC(=O)CCc1c(C)nn(-c2ccc3nncn3n2)c1C. The van der Waals surface area contributed by atoms with Gasteiger partial charge in [0.15, 0.2) is 11.5 Å². The molecule has 0 spiro atoms. The van der Waals surface area contributed by atoms with Crippen LogP contribution in [0.4, 0.5) is 0 Å². The van der Waals surface area contributed by atoms with Gasteiger partial charge in [-0.3, -0.25) is 4.79 Å². The molecule has 8 heteroatoms. The van der Waals surface area contributed by atoms with Crippen molar-refractivity contribution in [2.24, 2.45) is 0 Å². The maximum atomic E-state index is 11.6. The van der Waals surface area contributed by atoms with Gasteiger partial charge in [-0.2, -0.15) is 9.61 Å². The van der Waals surface area contributed by atoms with Crippen LogP contribution in [0.1, 0.15) is 30.3 Å². The topological polar surface area (TPSA) is 87.2 Å². The fourth-order valence-electron chi connectivity index (χ4n) is 2.55. The molecular formula is C15H18N6O2. The van der Waals surface area contributed by atoms with Crippen molar-refractivity contribution in [3.8, 4) is 5.82 Å². The standard InChI is InChI=1S/C15H18N6O2/c1-4-23-15(22)8-5-12-10(2)18-21(11(12)3)14-7-6-13-17-16-9-20(13)19-14/h6-7,9H,4-5,8H2,1-3H3. The molecule has 0 bridgehead atoms. The third-order valence-electron chi connectivity index (χ3n) is 3.69. The minimum absolute atomic E-state index is 0.192. The molecule has 0 amide bonds. The molecule has 3 heterocycles. The van der Waals surface area contributed by atoms with Crippen molar-refractivity contribution in [2.75, 3.05) is 6.61 Å². The van der Waals surface area contributed by atoms with Crippen molar-refractivity contribution in [3.63, 3.8) is 0 Å². The van der Waals surface area contributed by atoms with E-state index in [2.05, 4.69) is 20.4 Å². The maximum absolute atomic E-state index is 11.6. The maximum Gasteiger partial charge on any atom is 0.306 e. The molecule has 8 nitrogen and oxygen atoms in total. The second-order valence-corrected chi connectivity index (χ2v) is 5.19. The monoisotopic (exact) mass is 314 g/mol. The first-order valence-electron chi connectivity index (χ1n) is 7.48. The molecule has 0 atom stereocenters. The summed E-state index contributed by atoms with van der Waals surface area (Å²) in [5, 5.41) is 16.7. The van der Waals surface area contributed by atoms with Crippen molar-refractivity contribution in [2.45, 2.75) is 33.6 Å². The summed E-state index contributed by atoms with van der Waals surface area (Å²) >= 11 is 0. The van der Waals surface area contributed by atoms with E-state index in [-0.39, 0.29) is 5.97 Å². The molecule has 0 fully saturated rings. The van der Waals surface area contributed by atoms with Crippen LogP contribution in [0.2, 0.25) is 0 Å². The Kier molecular flexibility index (Phi) is 4.05. The average molecular weight is 314 g/mol. The van der Waals surface area contributed by atoms with Crippen LogP contribution >= 0.6 is 0 Å². The quantitative estimate of drug-likeness (QED) is 0.662. The van der Waals surface area contributed by atoms with E-state index in [1.165, 1.54) is 0 Å². The van der Waals surface area contributed by atoms with Crippen LogP contribution in [0.15, 0.2) is 18.5 Å². The Morgan fingerprint density at radius 1 is 1.26 bits per heavy atom. The highest BCUT2D eigenvalue weighted by molar-refractivity contribution is 5.69. The minimum atomic E-state index is -0.192. The Morgan fingerprint density at radius 3 is 2.87 bits per heavy atom. The molecule has 0 aliphatic carbocycles. The third kappa shape index (κ3) is 2.92. The minimum Gasteiger partial charge on any atom is -0.466 e. The number of esters is 1. The van der Waals surface area contributed by atoms with Crippen LogP contribution in [-0.2, 0) is 16.0 Å². The zero-order valence-electron chi connectivity index (χ0n) is 13.4.